The fourth-order valence-electron chi connectivity index (χ4n) is 2.84. The summed E-state index contributed by atoms with van der Waals surface area (Å²) in [5.74, 6) is -0.970. The molecule has 1 saturated carbocycles. The van der Waals surface area contributed by atoms with Crippen molar-refractivity contribution in [3.63, 3.8) is 0 Å². The Kier molecular flexibility index (Phi) is 6.26. The zero-order valence-corrected chi connectivity index (χ0v) is 12.1. The van der Waals surface area contributed by atoms with Gasteiger partial charge in [0.15, 0.2) is 0 Å². The van der Waals surface area contributed by atoms with Crippen LogP contribution in [0.2, 0.25) is 0 Å². The highest BCUT2D eigenvalue weighted by atomic mass is 16.2. The Morgan fingerprint density at radius 3 is 2.45 bits per heavy atom. The molecule has 0 atom stereocenters. The molecule has 1 aliphatic heterocycles. The second kappa shape index (κ2) is 8.21. The van der Waals surface area contributed by atoms with Crippen molar-refractivity contribution in [2.75, 3.05) is 39.3 Å². The number of hydrogen-bond donors (Lipinski definition) is 3. The van der Waals surface area contributed by atoms with Gasteiger partial charge in [0.1, 0.15) is 0 Å². The summed E-state index contributed by atoms with van der Waals surface area (Å²) in [5.41, 5.74) is 0. The summed E-state index contributed by atoms with van der Waals surface area (Å²) >= 11 is 0. The number of hydrogen-bond acceptors (Lipinski definition) is 4. The van der Waals surface area contributed by atoms with Crippen molar-refractivity contribution in [1.29, 1.82) is 0 Å². The van der Waals surface area contributed by atoms with Gasteiger partial charge in [-0.05, 0) is 12.8 Å². The van der Waals surface area contributed by atoms with Crippen LogP contribution in [-0.2, 0) is 9.59 Å². The minimum atomic E-state index is -0.495. The SMILES string of the molecule is O=C(NCCN1CCNCC1)C(=O)NC1CCCCC1. The van der Waals surface area contributed by atoms with Crippen LogP contribution in [0.5, 0.6) is 0 Å². The van der Waals surface area contributed by atoms with Gasteiger partial charge in [0.05, 0.1) is 0 Å². The molecular formula is C14H26N4O2. The first-order valence-corrected chi connectivity index (χ1v) is 7.77. The number of carbonyl (C=O) groups excluding carboxylic acids is 2. The van der Waals surface area contributed by atoms with Crippen molar-refractivity contribution in [1.82, 2.24) is 20.9 Å². The third kappa shape index (κ3) is 5.09. The summed E-state index contributed by atoms with van der Waals surface area (Å²) in [6.07, 6.45) is 5.54. The lowest BCUT2D eigenvalue weighted by atomic mass is 9.95. The molecule has 3 N–H and O–H groups in total. The largest absolute Gasteiger partial charge is 0.347 e. The van der Waals surface area contributed by atoms with Crippen LogP contribution >= 0.6 is 0 Å². The van der Waals surface area contributed by atoms with Crippen LogP contribution in [-0.4, -0.2) is 62.0 Å². The van der Waals surface area contributed by atoms with E-state index in [-0.39, 0.29) is 6.04 Å². The molecule has 0 aromatic heterocycles. The van der Waals surface area contributed by atoms with Gasteiger partial charge in [-0.25, -0.2) is 0 Å². The lowest BCUT2D eigenvalue weighted by Crippen LogP contribution is -2.49. The number of nitrogens with zero attached hydrogens (tertiary/aromatic N) is 1. The topological polar surface area (TPSA) is 73.5 Å². The van der Waals surface area contributed by atoms with E-state index < -0.39 is 11.8 Å². The van der Waals surface area contributed by atoms with Crippen LogP contribution in [0.25, 0.3) is 0 Å². The van der Waals surface area contributed by atoms with Gasteiger partial charge in [-0.15, -0.1) is 0 Å². The molecule has 6 nitrogen and oxygen atoms in total. The Balaban J connectivity index is 1.59. The average molecular weight is 282 g/mol. The van der Waals surface area contributed by atoms with Crippen LogP contribution in [0.1, 0.15) is 32.1 Å². The molecule has 114 valence electrons. The van der Waals surface area contributed by atoms with Crippen molar-refractivity contribution < 1.29 is 9.59 Å². The summed E-state index contributed by atoms with van der Waals surface area (Å²) in [6.45, 7) is 5.35. The van der Waals surface area contributed by atoms with Crippen molar-refractivity contribution in [2.24, 2.45) is 0 Å². The first-order valence-electron chi connectivity index (χ1n) is 7.77. The molecule has 0 spiro atoms. The quantitative estimate of drug-likeness (QED) is 0.605. The smallest absolute Gasteiger partial charge is 0.309 e. The van der Waals surface area contributed by atoms with Crippen LogP contribution < -0.4 is 16.0 Å². The standard InChI is InChI=1S/C14H26N4O2/c19-13(14(20)17-12-4-2-1-3-5-12)16-8-11-18-9-6-15-7-10-18/h12,15H,1-11H2,(H,16,19)(H,17,20). The van der Waals surface area contributed by atoms with Gasteiger partial charge in [0.2, 0.25) is 0 Å². The maximum Gasteiger partial charge on any atom is 0.309 e. The number of nitrogens with one attached hydrogen (secondary N) is 3. The van der Waals surface area contributed by atoms with E-state index in [1.165, 1.54) is 6.42 Å². The predicted octanol–water partition coefficient (Wildman–Crippen LogP) is -0.543. The van der Waals surface area contributed by atoms with E-state index in [0.717, 1.165) is 58.4 Å². The molecule has 20 heavy (non-hydrogen) atoms. The van der Waals surface area contributed by atoms with Gasteiger partial charge in [0, 0.05) is 45.3 Å². The maximum absolute atomic E-state index is 11.7. The van der Waals surface area contributed by atoms with E-state index in [9.17, 15) is 9.59 Å². The molecule has 2 fully saturated rings. The molecule has 0 aromatic rings. The fraction of sp³-hybridized carbons (Fsp3) is 0.857. The number of carbonyl (C=O) groups is 2. The Morgan fingerprint density at radius 2 is 1.75 bits per heavy atom. The maximum atomic E-state index is 11.7. The molecule has 1 saturated heterocycles. The molecule has 2 aliphatic rings. The summed E-state index contributed by atoms with van der Waals surface area (Å²) in [6, 6.07) is 0.190. The molecule has 0 radical (unpaired) electrons. The summed E-state index contributed by atoms with van der Waals surface area (Å²) in [5, 5.41) is 8.82. The minimum Gasteiger partial charge on any atom is -0.347 e. The van der Waals surface area contributed by atoms with E-state index in [2.05, 4.69) is 20.9 Å². The van der Waals surface area contributed by atoms with Crippen molar-refractivity contribution in [3.05, 3.63) is 0 Å². The molecule has 2 rings (SSSR count). The monoisotopic (exact) mass is 282 g/mol. The van der Waals surface area contributed by atoms with Crippen LogP contribution in [0.15, 0.2) is 0 Å². The van der Waals surface area contributed by atoms with Gasteiger partial charge in [-0.1, -0.05) is 19.3 Å². The first-order chi connectivity index (χ1) is 9.75. The third-order valence-electron chi connectivity index (χ3n) is 4.07. The average Bonchev–Trinajstić information content (AvgIpc) is 2.49. The second-order valence-corrected chi connectivity index (χ2v) is 5.66. The van der Waals surface area contributed by atoms with Gasteiger partial charge in [-0.2, -0.15) is 0 Å². The summed E-state index contributed by atoms with van der Waals surface area (Å²) < 4.78 is 0. The minimum absolute atomic E-state index is 0.190. The van der Waals surface area contributed by atoms with Crippen molar-refractivity contribution in [2.45, 2.75) is 38.1 Å². The van der Waals surface area contributed by atoms with Gasteiger partial charge < -0.3 is 16.0 Å². The van der Waals surface area contributed by atoms with Gasteiger partial charge >= 0.3 is 11.8 Å². The lowest BCUT2D eigenvalue weighted by Gasteiger charge is -2.27. The van der Waals surface area contributed by atoms with Gasteiger partial charge in [-0.3, -0.25) is 14.5 Å². The van der Waals surface area contributed by atoms with Gasteiger partial charge in [0.25, 0.3) is 0 Å². The molecular weight excluding hydrogens is 256 g/mol. The molecule has 6 heteroatoms. The lowest BCUT2D eigenvalue weighted by molar-refractivity contribution is -0.139. The normalized spacial score (nSPS) is 21.4. The van der Waals surface area contributed by atoms with E-state index in [4.69, 9.17) is 0 Å². The third-order valence-corrected chi connectivity index (χ3v) is 4.07. The Bertz CT molecular complexity index is 323. The van der Waals surface area contributed by atoms with Crippen molar-refractivity contribution in [3.8, 4) is 0 Å². The highest BCUT2D eigenvalue weighted by Gasteiger charge is 2.20. The summed E-state index contributed by atoms with van der Waals surface area (Å²) in [7, 11) is 0. The summed E-state index contributed by atoms with van der Waals surface area (Å²) in [4.78, 5) is 25.7. The van der Waals surface area contributed by atoms with Crippen molar-refractivity contribution >= 4 is 11.8 Å². The zero-order valence-electron chi connectivity index (χ0n) is 12.1. The Morgan fingerprint density at radius 1 is 1.05 bits per heavy atom. The Labute approximate surface area is 120 Å². The molecule has 0 aromatic carbocycles. The van der Waals surface area contributed by atoms with E-state index in [1.807, 2.05) is 0 Å². The highest BCUT2D eigenvalue weighted by molar-refractivity contribution is 6.35. The molecule has 1 heterocycles. The van der Waals surface area contributed by atoms with Crippen LogP contribution in [0.3, 0.4) is 0 Å². The molecule has 1 aliphatic carbocycles. The van der Waals surface area contributed by atoms with Crippen LogP contribution in [0, 0.1) is 0 Å². The highest BCUT2D eigenvalue weighted by Crippen LogP contribution is 2.17. The van der Waals surface area contributed by atoms with E-state index >= 15 is 0 Å². The van der Waals surface area contributed by atoms with E-state index in [0.29, 0.717) is 6.54 Å². The fourth-order valence-corrected chi connectivity index (χ4v) is 2.84. The molecule has 0 bridgehead atoms. The zero-order chi connectivity index (χ0) is 14.2. The molecule has 2 amide bonds. The number of amides is 2. The number of rotatable bonds is 4. The number of piperazine rings is 1. The first kappa shape index (κ1) is 15.3. The van der Waals surface area contributed by atoms with E-state index in [1.54, 1.807) is 0 Å². The van der Waals surface area contributed by atoms with Crippen LogP contribution in [0.4, 0.5) is 0 Å². The second-order valence-electron chi connectivity index (χ2n) is 5.66. The Hall–Kier alpha value is -1.14. The molecule has 0 unspecified atom stereocenters. The predicted molar refractivity (Wildman–Crippen MR) is 77.3 cm³/mol.